The topological polar surface area (TPSA) is 34.6 Å². The van der Waals surface area contributed by atoms with E-state index in [0.717, 1.165) is 12.0 Å². The van der Waals surface area contributed by atoms with E-state index in [1.54, 1.807) is 32.5 Å². The molecule has 3 rings (SSSR count). The van der Waals surface area contributed by atoms with Crippen LogP contribution >= 0.6 is 0 Å². The summed E-state index contributed by atoms with van der Waals surface area (Å²) in [5.41, 5.74) is 0. The van der Waals surface area contributed by atoms with Gasteiger partial charge in [-0.25, -0.2) is 4.98 Å². The third-order valence-corrected chi connectivity index (χ3v) is 4.44. The van der Waals surface area contributed by atoms with Crippen LogP contribution in [0, 0.1) is 5.92 Å². The fourth-order valence-electron chi connectivity index (χ4n) is 3.33. The van der Waals surface area contributed by atoms with Crippen molar-refractivity contribution in [3.63, 3.8) is 0 Å². The van der Waals surface area contributed by atoms with Crippen molar-refractivity contribution in [3.8, 4) is 11.6 Å². The van der Waals surface area contributed by atoms with E-state index in [9.17, 15) is 0 Å². The normalized spacial score (nSPS) is 25.4. The predicted molar refractivity (Wildman–Crippen MR) is 80.3 cm³/mol. The predicted octanol–water partition coefficient (Wildman–Crippen LogP) is 2.98. The monoisotopic (exact) mass is 278 g/mol. The third-order valence-electron chi connectivity index (χ3n) is 4.44. The quantitative estimate of drug-likeness (QED) is 0.833. The lowest BCUT2D eigenvalue weighted by Crippen LogP contribution is -2.31. The van der Waals surface area contributed by atoms with E-state index in [1.807, 2.05) is 0 Å². The molecule has 2 atom stereocenters. The van der Waals surface area contributed by atoms with E-state index in [1.165, 1.54) is 38.6 Å². The molecule has 1 aliphatic heterocycles. The SMILES string of the molecule is CN1CCC2CCCCC21.COc1cccnc1OC. The Morgan fingerprint density at radius 3 is 2.60 bits per heavy atom. The molecule has 20 heavy (non-hydrogen) atoms. The number of methoxy groups -OCH3 is 2. The maximum absolute atomic E-state index is 4.95. The lowest BCUT2D eigenvalue weighted by molar-refractivity contribution is 0.215. The smallest absolute Gasteiger partial charge is 0.256 e. The average molecular weight is 278 g/mol. The van der Waals surface area contributed by atoms with Gasteiger partial charge in [0.05, 0.1) is 14.2 Å². The van der Waals surface area contributed by atoms with E-state index in [2.05, 4.69) is 16.9 Å². The van der Waals surface area contributed by atoms with Gasteiger partial charge >= 0.3 is 0 Å². The first-order valence-corrected chi connectivity index (χ1v) is 7.49. The molecule has 2 unspecified atom stereocenters. The molecule has 0 radical (unpaired) electrons. The van der Waals surface area contributed by atoms with Gasteiger partial charge in [0.15, 0.2) is 5.75 Å². The molecular weight excluding hydrogens is 252 g/mol. The Labute approximate surface area is 122 Å². The molecule has 1 aliphatic carbocycles. The molecular formula is C16H26N2O2. The molecule has 0 N–H and O–H groups in total. The molecule has 1 saturated heterocycles. The molecule has 2 heterocycles. The summed E-state index contributed by atoms with van der Waals surface area (Å²) in [6.45, 7) is 1.36. The van der Waals surface area contributed by atoms with Gasteiger partial charge in [-0.3, -0.25) is 0 Å². The van der Waals surface area contributed by atoms with Crippen molar-refractivity contribution in [1.29, 1.82) is 0 Å². The van der Waals surface area contributed by atoms with Crippen molar-refractivity contribution in [1.82, 2.24) is 9.88 Å². The second kappa shape index (κ2) is 7.48. The molecule has 4 nitrogen and oxygen atoms in total. The average Bonchev–Trinajstić information content (AvgIpc) is 2.90. The van der Waals surface area contributed by atoms with Gasteiger partial charge in [0, 0.05) is 12.2 Å². The standard InChI is InChI=1S/C9H17N.C7H9NO2/c1-10-7-6-8-4-2-3-5-9(8)10;1-9-6-4-3-5-8-7(6)10-2/h8-9H,2-7H2,1H3;3-5H,1-2H3. The molecule has 1 aromatic rings. The summed E-state index contributed by atoms with van der Waals surface area (Å²) >= 11 is 0. The first kappa shape index (κ1) is 15.1. The van der Waals surface area contributed by atoms with Crippen LogP contribution in [0.3, 0.4) is 0 Å². The zero-order valence-corrected chi connectivity index (χ0v) is 12.8. The van der Waals surface area contributed by atoms with Crippen LogP contribution in [0.1, 0.15) is 32.1 Å². The Morgan fingerprint density at radius 1 is 1.15 bits per heavy atom. The van der Waals surface area contributed by atoms with Crippen LogP contribution in [0.4, 0.5) is 0 Å². The highest BCUT2D eigenvalue weighted by molar-refractivity contribution is 5.31. The van der Waals surface area contributed by atoms with E-state index < -0.39 is 0 Å². The van der Waals surface area contributed by atoms with Crippen molar-refractivity contribution in [2.75, 3.05) is 27.8 Å². The fraction of sp³-hybridized carbons (Fsp3) is 0.688. The Kier molecular flexibility index (Phi) is 5.65. The van der Waals surface area contributed by atoms with Gasteiger partial charge in [0.1, 0.15) is 0 Å². The molecule has 2 aliphatic rings. The van der Waals surface area contributed by atoms with E-state index in [-0.39, 0.29) is 0 Å². The summed E-state index contributed by atoms with van der Waals surface area (Å²) in [6.07, 6.45) is 9.08. The summed E-state index contributed by atoms with van der Waals surface area (Å²) in [4.78, 5) is 6.48. The number of rotatable bonds is 2. The third kappa shape index (κ3) is 3.63. The first-order valence-electron chi connectivity index (χ1n) is 7.49. The lowest BCUT2D eigenvalue weighted by atomic mass is 9.85. The number of likely N-dealkylation sites (tertiary alicyclic amines) is 1. The zero-order chi connectivity index (χ0) is 14.4. The molecule has 0 amide bonds. The van der Waals surface area contributed by atoms with Crippen LogP contribution in [-0.4, -0.2) is 43.7 Å². The van der Waals surface area contributed by atoms with Gasteiger partial charge in [-0.05, 0) is 50.9 Å². The van der Waals surface area contributed by atoms with Crippen LogP contribution in [0.25, 0.3) is 0 Å². The second-order valence-electron chi connectivity index (χ2n) is 5.60. The van der Waals surface area contributed by atoms with Crippen LogP contribution < -0.4 is 9.47 Å². The molecule has 112 valence electrons. The molecule has 1 aromatic heterocycles. The van der Waals surface area contributed by atoms with Crippen molar-refractivity contribution in [2.24, 2.45) is 5.92 Å². The molecule has 0 bridgehead atoms. The van der Waals surface area contributed by atoms with Crippen molar-refractivity contribution in [2.45, 2.75) is 38.1 Å². The number of pyridine rings is 1. The number of aromatic nitrogens is 1. The molecule has 1 saturated carbocycles. The number of fused-ring (bicyclic) bond motifs is 1. The van der Waals surface area contributed by atoms with Gasteiger partial charge in [-0.15, -0.1) is 0 Å². The van der Waals surface area contributed by atoms with Crippen LogP contribution in [-0.2, 0) is 0 Å². The minimum atomic E-state index is 0.519. The van der Waals surface area contributed by atoms with Crippen molar-refractivity contribution in [3.05, 3.63) is 18.3 Å². The van der Waals surface area contributed by atoms with Gasteiger partial charge in [0.25, 0.3) is 5.88 Å². The largest absolute Gasteiger partial charge is 0.491 e. The molecule has 2 fully saturated rings. The molecule has 0 aromatic carbocycles. The van der Waals surface area contributed by atoms with Gasteiger partial charge in [-0.2, -0.15) is 0 Å². The number of nitrogens with zero attached hydrogens (tertiary/aromatic N) is 2. The number of ether oxygens (including phenoxy) is 2. The van der Waals surface area contributed by atoms with Crippen molar-refractivity contribution >= 4 is 0 Å². The summed E-state index contributed by atoms with van der Waals surface area (Å²) < 4.78 is 9.85. The highest BCUT2D eigenvalue weighted by Crippen LogP contribution is 2.34. The van der Waals surface area contributed by atoms with Crippen LogP contribution in [0.5, 0.6) is 11.6 Å². The summed E-state index contributed by atoms with van der Waals surface area (Å²) in [5, 5.41) is 0. The van der Waals surface area contributed by atoms with Crippen LogP contribution in [0.2, 0.25) is 0 Å². The minimum absolute atomic E-state index is 0.519. The summed E-state index contributed by atoms with van der Waals surface area (Å²) in [5.74, 6) is 2.24. The van der Waals surface area contributed by atoms with E-state index in [4.69, 9.17) is 9.47 Å². The summed E-state index contributed by atoms with van der Waals surface area (Å²) in [7, 11) is 5.43. The van der Waals surface area contributed by atoms with Gasteiger partial charge in [-0.1, -0.05) is 12.8 Å². The number of hydrogen-bond acceptors (Lipinski definition) is 4. The minimum Gasteiger partial charge on any atom is -0.491 e. The maximum atomic E-state index is 4.95. The van der Waals surface area contributed by atoms with Gasteiger partial charge in [0.2, 0.25) is 0 Å². The second-order valence-corrected chi connectivity index (χ2v) is 5.60. The van der Waals surface area contributed by atoms with Crippen LogP contribution in [0.15, 0.2) is 18.3 Å². The Balaban J connectivity index is 0.000000147. The van der Waals surface area contributed by atoms with E-state index in [0.29, 0.717) is 11.6 Å². The number of hydrogen-bond donors (Lipinski definition) is 0. The Bertz CT molecular complexity index is 386. The van der Waals surface area contributed by atoms with Gasteiger partial charge < -0.3 is 14.4 Å². The Hall–Kier alpha value is -1.29. The van der Waals surface area contributed by atoms with E-state index >= 15 is 0 Å². The fourth-order valence-corrected chi connectivity index (χ4v) is 3.33. The zero-order valence-electron chi connectivity index (χ0n) is 12.8. The highest BCUT2D eigenvalue weighted by Gasteiger charge is 2.32. The Morgan fingerprint density at radius 2 is 1.95 bits per heavy atom. The lowest BCUT2D eigenvalue weighted by Gasteiger charge is -2.28. The molecule has 0 spiro atoms. The molecule has 4 heteroatoms. The summed E-state index contributed by atoms with van der Waals surface area (Å²) in [6, 6.07) is 4.56. The highest BCUT2D eigenvalue weighted by atomic mass is 16.5. The maximum Gasteiger partial charge on any atom is 0.256 e. The van der Waals surface area contributed by atoms with Crippen molar-refractivity contribution < 1.29 is 9.47 Å². The first-order chi connectivity index (χ1) is 9.76.